The number of benzene rings is 1. The van der Waals surface area contributed by atoms with Crippen LogP contribution in [0.5, 0.6) is 0 Å². The first-order valence-electron chi connectivity index (χ1n) is 8.62. The van der Waals surface area contributed by atoms with Gasteiger partial charge in [-0.2, -0.15) is 13.2 Å². The van der Waals surface area contributed by atoms with Gasteiger partial charge in [0.1, 0.15) is 0 Å². The van der Waals surface area contributed by atoms with E-state index in [1.54, 1.807) is 12.1 Å². The first-order valence-corrected chi connectivity index (χ1v) is 8.62. The summed E-state index contributed by atoms with van der Waals surface area (Å²) < 4.78 is 37.9. The summed E-state index contributed by atoms with van der Waals surface area (Å²) >= 11 is 0. The first kappa shape index (κ1) is 17.3. The fraction of sp³-hybridized carbons (Fsp3) is 0.611. The molecule has 3 rings (SSSR count). The topological polar surface area (TPSA) is 32.3 Å². The molecule has 2 heterocycles. The SMILES string of the molecule is O=C(C1CCNCC1)N1CCC(c2ccc(C(F)(F)F)cc2)CC1. The van der Waals surface area contributed by atoms with Crippen molar-refractivity contribution >= 4 is 5.91 Å². The van der Waals surface area contributed by atoms with Crippen LogP contribution in [-0.4, -0.2) is 37.0 Å². The van der Waals surface area contributed by atoms with Crippen LogP contribution in [0.3, 0.4) is 0 Å². The lowest BCUT2D eigenvalue weighted by Crippen LogP contribution is -2.44. The Labute approximate surface area is 140 Å². The van der Waals surface area contributed by atoms with Gasteiger partial charge in [0.2, 0.25) is 5.91 Å². The average Bonchev–Trinajstić information content (AvgIpc) is 2.61. The number of halogens is 3. The normalized spacial score (nSPS) is 21.0. The zero-order valence-electron chi connectivity index (χ0n) is 13.6. The van der Waals surface area contributed by atoms with E-state index in [4.69, 9.17) is 0 Å². The highest BCUT2D eigenvalue weighted by Crippen LogP contribution is 2.33. The third-order valence-electron chi connectivity index (χ3n) is 5.20. The van der Waals surface area contributed by atoms with Crippen LogP contribution in [0.25, 0.3) is 0 Å². The molecule has 1 amide bonds. The summed E-state index contributed by atoms with van der Waals surface area (Å²) in [5, 5.41) is 3.27. The Bertz CT molecular complexity index is 557. The summed E-state index contributed by atoms with van der Waals surface area (Å²) in [5.74, 6) is 0.626. The Hall–Kier alpha value is -1.56. The summed E-state index contributed by atoms with van der Waals surface area (Å²) in [6, 6.07) is 5.47. The van der Waals surface area contributed by atoms with Crippen molar-refractivity contribution in [3.8, 4) is 0 Å². The molecule has 0 atom stereocenters. The summed E-state index contributed by atoms with van der Waals surface area (Å²) in [5.41, 5.74) is 0.335. The van der Waals surface area contributed by atoms with Gasteiger partial charge in [0.05, 0.1) is 5.56 Å². The summed E-state index contributed by atoms with van der Waals surface area (Å²) in [4.78, 5) is 14.5. The second-order valence-electron chi connectivity index (χ2n) is 6.74. The monoisotopic (exact) mass is 340 g/mol. The van der Waals surface area contributed by atoms with E-state index in [0.717, 1.165) is 56.5 Å². The number of rotatable bonds is 2. The molecule has 2 fully saturated rings. The number of likely N-dealkylation sites (tertiary alicyclic amines) is 1. The molecular formula is C18H23F3N2O. The summed E-state index contributed by atoms with van der Waals surface area (Å²) in [6.07, 6.45) is -0.845. The molecule has 2 saturated heterocycles. The molecule has 0 unspecified atom stereocenters. The maximum atomic E-state index is 12.6. The van der Waals surface area contributed by atoms with Gasteiger partial charge in [-0.15, -0.1) is 0 Å². The molecule has 0 spiro atoms. The number of nitrogens with one attached hydrogen (secondary N) is 1. The minimum Gasteiger partial charge on any atom is -0.342 e. The van der Waals surface area contributed by atoms with Crippen LogP contribution < -0.4 is 5.32 Å². The molecule has 2 aliphatic rings. The fourth-order valence-electron chi connectivity index (χ4n) is 3.70. The molecule has 0 aromatic heterocycles. The van der Waals surface area contributed by atoms with E-state index in [1.807, 2.05) is 4.90 Å². The molecule has 24 heavy (non-hydrogen) atoms. The van der Waals surface area contributed by atoms with Crippen molar-refractivity contribution in [2.24, 2.45) is 5.92 Å². The van der Waals surface area contributed by atoms with E-state index in [2.05, 4.69) is 5.32 Å². The molecule has 0 aliphatic carbocycles. The number of hydrogen-bond donors (Lipinski definition) is 1. The quantitative estimate of drug-likeness (QED) is 0.895. The number of piperidine rings is 2. The highest BCUT2D eigenvalue weighted by atomic mass is 19.4. The van der Waals surface area contributed by atoms with E-state index < -0.39 is 11.7 Å². The van der Waals surface area contributed by atoms with Crippen LogP contribution in [0.1, 0.15) is 42.7 Å². The van der Waals surface area contributed by atoms with Crippen LogP contribution >= 0.6 is 0 Å². The average molecular weight is 340 g/mol. The van der Waals surface area contributed by atoms with Gasteiger partial charge in [-0.05, 0) is 62.4 Å². The first-order chi connectivity index (χ1) is 11.4. The Kier molecular flexibility index (Phi) is 5.13. The van der Waals surface area contributed by atoms with E-state index in [0.29, 0.717) is 13.1 Å². The van der Waals surface area contributed by atoms with E-state index in [-0.39, 0.29) is 17.7 Å². The molecule has 132 valence electrons. The van der Waals surface area contributed by atoms with Gasteiger partial charge in [0, 0.05) is 19.0 Å². The van der Waals surface area contributed by atoms with Gasteiger partial charge in [-0.3, -0.25) is 4.79 Å². The minimum atomic E-state index is -4.29. The van der Waals surface area contributed by atoms with Crippen molar-refractivity contribution in [2.75, 3.05) is 26.2 Å². The van der Waals surface area contributed by atoms with Crippen molar-refractivity contribution in [3.05, 3.63) is 35.4 Å². The number of carbonyl (C=O) groups excluding carboxylic acids is 1. The number of amides is 1. The molecule has 1 aromatic carbocycles. The zero-order valence-corrected chi connectivity index (χ0v) is 13.6. The molecular weight excluding hydrogens is 317 g/mol. The Morgan fingerprint density at radius 1 is 1.00 bits per heavy atom. The van der Waals surface area contributed by atoms with E-state index >= 15 is 0 Å². The van der Waals surface area contributed by atoms with Crippen molar-refractivity contribution in [2.45, 2.75) is 37.8 Å². The fourth-order valence-corrected chi connectivity index (χ4v) is 3.70. The smallest absolute Gasteiger partial charge is 0.342 e. The van der Waals surface area contributed by atoms with Gasteiger partial charge >= 0.3 is 6.18 Å². The number of hydrogen-bond acceptors (Lipinski definition) is 2. The lowest BCUT2D eigenvalue weighted by atomic mass is 9.88. The van der Waals surface area contributed by atoms with Crippen LogP contribution in [-0.2, 0) is 11.0 Å². The molecule has 0 radical (unpaired) electrons. The number of carbonyl (C=O) groups is 1. The maximum Gasteiger partial charge on any atom is 0.416 e. The lowest BCUT2D eigenvalue weighted by molar-refractivity contribution is -0.138. The van der Waals surface area contributed by atoms with Gasteiger partial charge in [-0.1, -0.05) is 12.1 Å². The molecule has 1 N–H and O–H groups in total. The Morgan fingerprint density at radius 2 is 1.58 bits per heavy atom. The third kappa shape index (κ3) is 3.91. The summed E-state index contributed by atoms with van der Waals surface area (Å²) in [7, 11) is 0. The van der Waals surface area contributed by atoms with E-state index in [9.17, 15) is 18.0 Å². The molecule has 3 nitrogen and oxygen atoms in total. The predicted molar refractivity (Wildman–Crippen MR) is 85.6 cm³/mol. The molecule has 2 aliphatic heterocycles. The van der Waals surface area contributed by atoms with Gasteiger partial charge < -0.3 is 10.2 Å². The summed E-state index contributed by atoms with van der Waals surface area (Å²) in [6.45, 7) is 3.21. The van der Waals surface area contributed by atoms with Crippen molar-refractivity contribution in [1.29, 1.82) is 0 Å². The van der Waals surface area contributed by atoms with Crippen LogP contribution in [0.4, 0.5) is 13.2 Å². The largest absolute Gasteiger partial charge is 0.416 e. The molecule has 0 bridgehead atoms. The highest BCUT2D eigenvalue weighted by Gasteiger charge is 2.32. The molecule has 6 heteroatoms. The van der Waals surface area contributed by atoms with Gasteiger partial charge in [0.25, 0.3) is 0 Å². The van der Waals surface area contributed by atoms with Crippen LogP contribution in [0, 0.1) is 5.92 Å². The van der Waals surface area contributed by atoms with Crippen LogP contribution in [0.2, 0.25) is 0 Å². The van der Waals surface area contributed by atoms with Crippen LogP contribution in [0.15, 0.2) is 24.3 Å². The van der Waals surface area contributed by atoms with Crippen molar-refractivity contribution in [1.82, 2.24) is 10.2 Å². The maximum absolute atomic E-state index is 12.6. The standard InChI is InChI=1S/C18H23F3N2O/c19-18(20,21)16-3-1-13(2-4-16)14-7-11-23(12-8-14)17(24)15-5-9-22-10-6-15/h1-4,14-15,22H,5-12H2. The molecule has 1 aromatic rings. The highest BCUT2D eigenvalue weighted by molar-refractivity contribution is 5.79. The molecule has 0 saturated carbocycles. The second kappa shape index (κ2) is 7.13. The van der Waals surface area contributed by atoms with Crippen molar-refractivity contribution < 1.29 is 18.0 Å². The Morgan fingerprint density at radius 3 is 2.12 bits per heavy atom. The Balaban J connectivity index is 1.55. The van der Waals surface area contributed by atoms with E-state index in [1.165, 1.54) is 0 Å². The number of alkyl halides is 3. The minimum absolute atomic E-state index is 0.133. The number of nitrogens with zero attached hydrogens (tertiary/aromatic N) is 1. The second-order valence-corrected chi connectivity index (χ2v) is 6.74. The van der Waals surface area contributed by atoms with Crippen molar-refractivity contribution in [3.63, 3.8) is 0 Å². The zero-order chi connectivity index (χ0) is 17.2. The van der Waals surface area contributed by atoms with Gasteiger partial charge in [0.15, 0.2) is 0 Å². The lowest BCUT2D eigenvalue weighted by Gasteiger charge is -2.35. The van der Waals surface area contributed by atoms with Gasteiger partial charge in [-0.25, -0.2) is 0 Å². The predicted octanol–water partition coefficient (Wildman–Crippen LogP) is 3.41. The third-order valence-corrected chi connectivity index (χ3v) is 5.20.